The Morgan fingerprint density at radius 1 is 1.00 bits per heavy atom. The van der Waals surface area contributed by atoms with E-state index in [-0.39, 0.29) is 0 Å². The zero-order valence-electron chi connectivity index (χ0n) is 9.84. The Labute approximate surface area is 94.0 Å². The van der Waals surface area contributed by atoms with Crippen LogP contribution in [0.2, 0.25) is 0 Å². The van der Waals surface area contributed by atoms with Crippen molar-refractivity contribution >= 4 is 5.91 Å². The van der Waals surface area contributed by atoms with Gasteiger partial charge in [0.2, 0.25) is 5.91 Å². The van der Waals surface area contributed by atoms with Crippen LogP contribution in [0.4, 0.5) is 0 Å². The highest BCUT2D eigenvalue weighted by atomic mass is 16.2. The van der Waals surface area contributed by atoms with Crippen molar-refractivity contribution in [2.75, 3.05) is 13.1 Å². The number of carbonyl (C=O) groups excluding carboxylic acids is 1. The molecule has 0 unspecified atom stereocenters. The van der Waals surface area contributed by atoms with Crippen molar-refractivity contribution in [1.29, 1.82) is 0 Å². The van der Waals surface area contributed by atoms with Crippen LogP contribution in [0.15, 0.2) is 0 Å². The first-order valence-corrected chi connectivity index (χ1v) is 6.41. The van der Waals surface area contributed by atoms with Crippen molar-refractivity contribution < 1.29 is 4.79 Å². The van der Waals surface area contributed by atoms with Gasteiger partial charge in [-0.25, -0.2) is 0 Å². The molecule has 1 fully saturated rings. The van der Waals surface area contributed by atoms with Gasteiger partial charge in [-0.05, 0) is 25.7 Å². The lowest BCUT2D eigenvalue weighted by molar-refractivity contribution is -0.132. The lowest BCUT2D eigenvalue weighted by Crippen LogP contribution is -2.35. The molecule has 1 rings (SSSR count). The average Bonchev–Trinajstić information content (AvgIpc) is 2.30. The van der Waals surface area contributed by atoms with Crippen LogP contribution in [-0.4, -0.2) is 23.9 Å². The van der Waals surface area contributed by atoms with Crippen LogP contribution in [0.5, 0.6) is 0 Å². The minimum Gasteiger partial charge on any atom is -0.343 e. The van der Waals surface area contributed by atoms with Crippen LogP contribution in [0.3, 0.4) is 0 Å². The van der Waals surface area contributed by atoms with Gasteiger partial charge in [0.05, 0.1) is 0 Å². The SMILES string of the molecule is [CH2]CCCCCCC(=O)N1CCCCC1. The quantitative estimate of drug-likeness (QED) is 0.617. The summed E-state index contributed by atoms with van der Waals surface area (Å²) in [6.07, 6.45) is 10.2. The topological polar surface area (TPSA) is 20.3 Å². The predicted octanol–water partition coefficient (Wildman–Crippen LogP) is 3.17. The Balaban J connectivity index is 2.02. The molecule has 87 valence electrons. The van der Waals surface area contributed by atoms with Crippen molar-refractivity contribution in [3.8, 4) is 0 Å². The summed E-state index contributed by atoms with van der Waals surface area (Å²) in [5.41, 5.74) is 0. The van der Waals surface area contributed by atoms with Gasteiger partial charge < -0.3 is 4.90 Å². The molecule has 0 saturated carbocycles. The van der Waals surface area contributed by atoms with Crippen molar-refractivity contribution in [3.63, 3.8) is 0 Å². The minimum atomic E-state index is 0.379. The number of nitrogens with zero attached hydrogens (tertiary/aromatic N) is 1. The summed E-state index contributed by atoms with van der Waals surface area (Å²) < 4.78 is 0. The van der Waals surface area contributed by atoms with Gasteiger partial charge in [0.15, 0.2) is 0 Å². The van der Waals surface area contributed by atoms with E-state index in [0.717, 1.165) is 32.4 Å². The highest BCUT2D eigenvalue weighted by Gasteiger charge is 2.15. The molecule has 1 aliphatic rings. The third-order valence-corrected chi connectivity index (χ3v) is 3.10. The molecule has 1 saturated heterocycles. The number of unbranched alkanes of at least 4 members (excludes halogenated alkanes) is 4. The highest BCUT2D eigenvalue weighted by molar-refractivity contribution is 5.76. The molecule has 0 atom stereocenters. The Morgan fingerprint density at radius 3 is 2.33 bits per heavy atom. The summed E-state index contributed by atoms with van der Waals surface area (Å²) in [4.78, 5) is 13.8. The molecular formula is C13H24NO. The minimum absolute atomic E-state index is 0.379. The number of hydrogen-bond acceptors (Lipinski definition) is 1. The molecule has 0 aromatic heterocycles. The molecular weight excluding hydrogens is 186 g/mol. The second kappa shape index (κ2) is 7.72. The molecule has 1 radical (unpaired) electrons. The summed E-state index contributed by atoms with van der Waals surface area (Å²) >= 11 is 0. The molecule has 1 aliphatic heterocycles. The number of likely N-dealkylation sites (tertiary alicyclic amines) is 1. The second-order valence-corrected chi connectivity index (χ2v) is 4.46. The Hall–Kier alpha value is -0.530. The van der Waals surface area contributed by atoms with E-state index in [2.05, 4.69) is 6.92 Å². The smallest absolute Gasteiger partial charge is 0.222 e. The third-order valence-electron chi connectivity index (χ3n) is 3.10. The maximum atomic E-state index is 11.7. The normalized spacial score (nSPS) is 16.7. The fourth-order valence-corrected chi connectivity index (χ4v) is 2.11. The summed E-state index contributed by atoms with van der Waals surface area (Å²) in [5, 5.41) is 0. The fraction of sp³-hybridized carbons (Fsp3) is 0.846. The van der Waals surface area contributed by atoms with Crippen molar-refractivity contribution in [2.45, 2.75) is 57.8 Å². The lowest BCUT2D eigenvalue weighted by Gasteiger charge is -2.26. The van der Waals surface area contributed by atoms with Crippen LogP contribution in [0.1, 0.15) is 57.8 Å². The van der Waals surface area contributed by atoms with Gasteiger partial charge in [-0.2, -0.15) is 0 Å². The first-order chi connectivity index (χ1) is 7.34. The molecule has 2 heteroatoms. The number of hydrogen-bond donors (Lipinski definition) is 0. The van der Waals surface area contributed by atoms with E-state index >= 15 is 0 Å². The Bertz CT molecular complexity index is 173. The summed E-state index contributed by atoms with van der Waals surface area (Å²) in [6.45, 7) is 5.81. The first kappa shape index (κ1) is 12.5. The van der Waals surface area contributed by atoms with Gasteiger partial charge in [-0.3, -0.25) is 4.79 Å². The van der Waals surface area contributed by atoms with Gasteiger partial charge in [0.25, 0.3) is 0 Å². The van der Waals surface area contributed by atoms with E-state index in [0.29, 0.717) is 5.91 Å². The van der Waals surface area contributed by atoms with Crippen LogP contribution in [0, 0.1) is 6.92 Å². The molecule has 15 heavy (non-hydrogen) atoms. The van der Waals surface area contributed by atoms with Gasteiger partial charge in [0.1, 0.15) is 0 Å². The first-order valence-electron chi connectivity index (χ1n) is 6.41. The number of rotatable bonds is 6. The zero-order chi connectivity index (χ0) is 10.9. The van der Waals surface area contributed by atoms with Crippen LogP contribution in [-0.2, 0) is 4.79 Å². The standard InChI is InChI=1S/C13H24NO/c1-2-3-4-5-7-10-13(15)14-11-8-6-9-12-14/h1-12H2. The van der Waals surface area contributed by atoms with Crippen molar-refractivity contribution in [1.82, 2.24) is 4.90 Å². The van der Waals surface area contributed by atoms with E-state index in [4.69, 9.17) is 0 Å². The van der Waals surface area contributed by atoms with E-state index < -0.39 is 0 Å². The molecule has 0 bridgehead atoms. The number of amides is 1. The van der Waals surface area contributed by atoms with Gasteiger partial charge in [-0.1, -0.05) is 32.6 Å². The van der Waals surface area contributed by atoms with Crippen LogP contribution < -0.4 is 0 Å². The molecule has 1 heterocycles. The molecule has 0 aromatic carbocycles. The molecule has 2 nitrogen and oxygen atoms in total. The fourth-order valence-electron chi connectivity index (χ4n) is 2.11. The van der Waals surface area contributed by atoms with Crippen LogP contribution >= 0.6 is 0 Å². The summed E-state index contributed by atoms with van der Waals surface area (Å²) in [5.74, 6) is 0.379. The molecule has 1 amide bonds. The van der Waals surface area contributed by atoms with Crippen molar-refractivity contribution in [2.24, 2.45) is 0 Å². The Morgan fingerprint density at radius 2 is 1.67 bits per heavy atom. The van der Waals surface area contributed by atoms with E-state index in [9.17, 15) is 4.79 Å². The van der Waals surface area contributed by atoms with E-state index in [1.807, 2.05) is 4.90 Å². The second-order valence-electron chi connectivity index (χ2n) is 4.46. The van der Waals surface area contributed by atoms with Gasteiger partial charge >= 0.3 is 0 Å². The molecule has 0 aliphatic carbocycles. The molecule has 0 spiro atoms. The van der Waals surface area contributed by atoms with Gasteiger partial charge in [0, 0.05) is 19.5 Å². The Kier molecular flexibility index (Phi) is 6.45. The lowest BCUT2D eigenvalue weighted by atomic mass is 10.1. The summed E-state index contributed by atoms with van der Waals surface area (Å²) in [6, 6.07) is 0. The van der Waals surface area contributed by atoms with Gasteiger partial charge in [-0.15, -0.1) is 0 Å². The maximum Gasteiger partial charge on any atom is 0.222 e. The van der Waals surface area contributed by atoms with Crippen molar-refractivity contribution in [3.05, 3.63) is 6.92 Å². The molecule has 0 N–H and O–H groups in total. The maximum absolute atomic E-state index is 11.7. The van der Waals surface area contributed by atoms with E-state index in [1.54, 1.807) is 0 Å². The largest absolute Gasteiger partial charge is 0.343 e. The summed E-state index contributed by atoms with van der Waals surface area (Å²) in [7, 11) is 0. The zero-order valence-corrected chi connectivity index (χ0v) is 9.84. The number of carbonyl (C=O) groups is 1. The number of piperidine rings is 1. The third kappa shape index (κ3) is 5.19. The predicted molar refractivity (Wildman–Crippen MR) is 63.5 cm³/mol. The average molecular weight is 210 g/mol. The monoisotopic (exact) mass is 210 g/mol. The molecule has 0 aromatic rings. The highest BCUT2D eigenvalue weighted by Crippen LogP contribution is 2.12. The van der Waals surface area contributed by atoms with Crippen LogP contribution in [0.25, 0.3) is 0 Å². The van der Waals surface area contributed by atoms with E-state index in [1.165, 1.54) is 38.5 Å².